The van der Waals surface area contributed by atoms with Crippen LogP contribution >= 0.6 is 15.9 Å². The predicted molar refractivity (Wildman–Crippen MR) is 74.6 cm³/mol. The maximum absolute atomic E-state index is 13.4. The van der Waals surface area contributed by atoms with Crippen LogP contribution in [-0.2, 0) is 0 Å². The van der Waals surface area contributed by atoms with Gasteiger partial charge in [0.15, 0.2) is 0 Å². The number of halogens is 2. The molecule has 7 heteroatoms. The van der Waals surface area contributed by atoms with E-state index in [4.69, 9.17) is 5.73 Å². The van der Waals surface area contributed by atoms with E-state index in [1.54, 1.807) is 0 Å². The predicted octanol–water partition coefficient (Wildman–Crippen LogP) is 3.04. The number of hydrogen-bond donors (Lipinski definition) is 2. The molecule has 0 heterocycles. The smallest absolute Gasteiger partial charge is 0.295 e. The van der Waals surface area contributed by atoms with Crippen molar-refractivity contribution in [2.45, 2.75) is 25.3 Å². The average Bonchev–Trinajstić information content (AvgIpc) is 2.80. The highest BCUT2D eigenvalue weighted by molar-refractivity contribution is 9.10. The molecule has 1 saturated carbocycles. The van der Waals surface area contributed by atoms with Gasteiger partial charge in [0, 0.05) is 6.04 Å². The number of nitro groups is 1. The Morgan fingerprint density at radius 3 is 2.89 bits per heavy atom. The van der Waals surface area contributed by atoms with Gasteiger partial charge < -0.3 is 11.1 Å². The van der Waals surface area contributed by atoms with E-state index >= 15 is 0 Å². The summed E-state index contributed by atoms with van der Waals surface area (Å²) in [4.78, 5) is 10.4. The Bertz CT molecular complexity index is 498. The second kappa shape index (κ2) is 5.83. The fraction of sp³-hybridized carbons (Fsp3) is 0.500. The molecule has 0 aromatic heterocycles. The van der Waals surface area contributed by atoms with Crippen LogP contribution in [0.4, 0.5) is 15.8 Å². The molecular formula is C12H15BrFN3O2. The number of nitrogens with one attached hydrogen (secondary N) is 1. The maximum atomic E-state index is 13.4. The van der Waals surface area contributed by atoms with E-state index in [0.29, 0.717) is 18.2 Å². The zero-order valence-electron chi connectivity index (χ0n) is 10.2. The average molecular weight is 332 g/mol. The Labute approximate surface area is 118 Å². The topological polar surface area (TPSA) is 81.2 Å². The number of hydrogen-bond acceptors (Lipinski definition) is 4. The lowest BCUT2D eigenvalue weighted by atomic mass is 10.0. The standard InChI is InChI=1S/C12H15BrFN3O2/c13-8-4-11(12(17(18)19)5-9(8)14)16-10-3-1-2-7(10)6-15/h4-5,7,10,16H,1-3,6,15H2. The summed E-state index contributed by atoms with van der Waals surface area (Å²) in [6, 6.07) is 2.46. The molecule has 1 aromatic carbocycles. The van der Waals surface area contributed by atoms with Gasteiger partial charge in [0.05, 0.1) is 15.5 Å². The first kappa shape index (κ1) is 14.2. The molecule has 2 unspecified atom stereocenters. The van der Waals surface area contributed by atoms with E-state index in [-0.39, 0.29) is 16.2 Å². The summed E-state index contributed by atoms with van der Waals surface area (Å²) >= 11 is 3.05. The minimum Gasteiger partial charge on any atom is -0.376 e. The molecule has 2 atom stereocenters. The number of nitrogens with two attached hydrogens (primary N) is 1. The molecule has 19 heavy (non-hydrogen) atoms. The lowest BCUT2D eigenvalue weighted by Crippen LogP contribution is -2.29. The van der Waals surface area contributed by atoms with Gasteiger partial charge >= 0.3 is 0 Å². The molecule has 0 aliphatic heterocycles. The van der Waals surface area contributed by atoms with Gasteiger partial charge in [-0.2, -0.15) is 0 Å². The van der Waals surface area contributed by atoms with Gasteiger partial charge in [0.2, 0.25) is 0 Å². The van der Waals surface area contributed by atoms with Crippen LogP contribution in [0.5, 0.6) is 0 Å². The summed E-state index contributed by atoms with van der Waals surface area (Å²) in [6.07, 6.45) is 2.99. The highest BCUT2D eigenvalue weighted by Crippen LogP contribution is 2.34. The Morgan fingerprint density at radius 2 is 2.26 bits per heavy atom. The summed E-state index contributed by atoms with van der Waals surface area (Å²) in [6.45, 7) is 0.549. The first-order valence-electron chi connectivity index (χ1n) is 6.13. The van der Waals surface area contributed by atoms with Crippen LogP contribution in [0.15, 0.2) is 16.6 Å². The van der Waals surface area contributed by atoms with E-state index < -0.39 is 10.7 Å². The van der Waals surface area contributed by atoms with E-state index in [0.717, 1.165) is 25.3 Å². The molecule has 1 aliphatic rings. The SMILES string of the molecule is NCC1CCCC1Nc1cc(Br)c(F)cc1[N+](=O)[O-]. The van der Waals surface area contributed by atoms with E-state index in [1.807, 2.05) is 0 Å². The fourth-order valence-corrected chi connectivity index (χ4v) is 2.86. The van der Waals surface area contributed by atoms with Gasteiger partial charge in [0.25, 0.3) is 5.69 Å². The normalized spacial score (nSPS) is 22.5. The van der Waals surface area contributed by atoms with Gasteiger partial charge in [-0.25, -0.2) is 4.39 Å². The molecule has 1 fully saturated rings. The summed E-state index contributed by atoms with van der Waals surface area (Å²) in [5.74, 6) is -0.331. The monoisotopic (exact) mass is 331 g/mol. The van der Waals surface area contributed by atoms with Crippen LogP contribution in [0.1, 0.15) is 19.3 Å². The lowest BCUT2D eigenvalue weighted by molar-refractivity contribution is -0.384. The Balaban J connectivity index is 2.28. The third kappa shape index (κ3) is 3.03. The van der Waals surface area contributed by atoms with Crippen LogP contribution < -0.4 is 11.1 Å². The van der Waals surface area contributed by atoms with Crippen molar-refractivity contribution in [1.29, 1.82) is 0 Å². The molecule has 1 aromatic rings. The first-order chi connectivity index (χ1) is 9.02. The molecule has 2 rings (SSSR count). The van der Waals surface area contributed by atoms with Crippen LogP contribution in [0, 0.1) is 21.8 Å². The van der Waals surface area contributed by atoms with Crippen LogP contribution in [0.25, 0.3) is 0 Å². The molecule has 1 aliphatic carbocycles. The number of nitro benzene ring substituents is 1. The third-order valence-electron chi connectivity index (χ3n) is 3.54. The van der Waals surface area contributed by atoms with Gasteiger partial charge in [-0.1, -0.05) is 6.42 Å². The maximum Gasteiger partial charge on any atom is 0.295 e. The van der Waals surface area contributed by atoms with Gasteiger partial charge in [-0.3, -0.25) is 10.1 Å². The number of benzene rings is 1. The Kier molecular flexibility index (Phi) is 4.36. The van der Waals surface area contributed by atoms with Crippen molar-refractivity contribution in [2.75, 3.05) is 11.9 Å². The summed E-state index contributed by atoms with van der Waals surface area (Å²) in [7, 11) is 0. The largest absolute Gasteiger partial charge is 0.376 e. The van der Waals surface area contributed by atoms with Crippen LogP contribution in [-0.4, -0.2) is 17.5 Å². The van der Waals surface area contributed by atoms with Gasteiger partial charge in [-0.05, 0) is 47.3 Å². The van der Waals surface area contributed by atoms with Crippen molar-refractivity contribution in [2.24, 2.45) is 11.7 Å². The molecule has 5 nitrogen and oxygen atoms in total. The highest BCUT2D eigenvalue weighted by atomic mass is 79.9. The van der Waals surface area contributed by atoms with Crippen molar-refractivity contribution in [1.82, 2.24) is 0 Å². The Morgan fingerprint density at radius 1 is 1.53 bits per heavy atom. The fourth-order valence-electron chi connectivity index (χ4n) is 2.51. The van der Waals surface area contributed by atoms with Crippen LogP contribution in [0.2, 0.25) is 0 Å². The minimum absolute atomic E-state index is 0.112. The lowest BCUT2D eigenvalue weighted by Gasteiger charge is -2.20. The van der Waals surface area contributed by atoms with E-state index in [1.165, 1.54) is 6.07 Å². The zero-order valence-corrected chi connectivity index (χ0v) is 11.8. The molecule has 0 saturated heterocycles. The molecule has 3 N–H and O–H groups in total. The molecule has 0 amide bonds. The molecule has 104 valence electrons. The quantitative estimate of drug-likeness (QED) is 0.656. The van der Waals surface area contributed by atoms with Gasteiger partial charge in [0.1, 0.15) is 11.5 Å². The van der Waals surface area contributed by atoms with E-state index in [9.17, 15) is 14.5 Å². The van der Waals surface area contributed by atoms with Gasteiger partial charge in [-0.15, -0.1) is 0 Å². The first-order valence-corrected chi connectivity index (χ1v) is 6.92. The van der Waals surface area contributed by atoms with E-state index in [2.05, 4.69) is 21.2 Å². The molecule has 0 radical (unpaired) electrons. The van der Waals surface area contributed by atoms with Crippen LogP contribution in [0.3, 0.4) is 0 Å². The van der Waals surface area contributed by atoms with Crippen molar-refractivity contribution in [3.05, 3.63) is 32.5 Å². The van der Waals surface area contributed by atoms with Crippen molar-refractivity contribution < 1.29 is 9.31 Å². The van der Waals surface area contributed by atoms with Crippen molar-refractivity contribution in [3.8, 4) is 0 Å². The Hall–Kier alpha value is -1.21. The molecule has 0 spiro atoms. The zero-order chi connectivity index (χ0) is 14.0. The third-order valence-corrected chi connectivity index (χ3v) is 4.15. The summed E-state index contributed by atoms with van der Waals surface area (Å²) < 4.78 is 13.6. The molecule has 0 bridgehead atoms. The number of nitrogens with zero attached hydrogens (tertiary/aromatic N) is 1. The summed E-state index contributed by atoms with van der Waals surface area (Å²) in [5, 5.41) is 14.1. The highest BCUT2D eigenvalue weighted by Gasteiger charge is 2.28. The minimum atomic E-state index is -0.640. The second-order valence-electron chi connectivity index (χ2n) is 4.72. The second-order valence-corrected chi connectivity index (χ2v) is 5.57. The summed E-state index contributed by atoms with van der Waals surface area (Å²) in [5.41, 5.74) is 5.78. The van der Waals surface area contributed by atoms with Crippen molar-refractivity contribution >= 4 is 27.3 Å². The number of anilines is 1. The van der Waals surface area contributed by atoms with Crippen molar-refractivity contribution in [3.63, 3.8) is 0 Å². The molecular weight excluding hydrogens is 317 g/mol. The number of rotatable bonds is 4.